The zero-order valence-electron chi connectivity index (χ0n) is 11.2. The van der Waals surface area contributed by atoms with Crippen molar-refractivity contribution < 1.29 is 0 Å². The second-order valence-electron chi connectivity index (χ2n) is 4.74. The fraction of sp³-hybridized carbons (Fsp3) is 0.733. The van der Waals surface area contributed by atoms with Crippen LogP contribution in [0.1, 0.15) is 58.3 Å². The number of hydrogen-bond acceptors (Lipinski definition) is 1. The molecule has 0 amide bonds. The lowest BCUT2D eigenvalue weighted by Gasteiger charge is -2.20. The number of rotatable bonds is 9. The van der Waals surface area contributed by atoms with Gasteiger partial charge in [0, 0.05) is 13.1 Å². The zero-order valence-corrected chi connectivity index (χ0v) is 12.1. The van der Waals surface area contributed by atoms with Gasteiger partial charge in [-0.25, -0.2) is 0 Å². The summed E-state index contributed by atoms with van der Waals surface area (Å²) in [5.41, 5.74) is 0. The summed E-state index contributed by atoms with van der Waals surface area (Å²) in [6, 6.07) is 0. The van der Waals surface area contributed by atoms with E-state index >= 15 is 0 Å². The van der Waals surface area contributed by atoms with Crippen molar-refractivity contribution in [1.82, 2.24) is 4.90 Å². The highest BCUT2D eigenvalue weighted by Gasteiger charge is 1.98. The molecule has 1 rings (SSSR count). The third-order valence-corrected chi connectivity index (χ3v) is 3.18. The molecule has 0 atom stereocenters. The van der Waals surface area contributed by atoms with Crippen LogP contribution in [-0.4, -0.2) is 18.0 Å². The van der Waals surface area contributed by atoms with E-state index in [1.165, 1.54) is 57.9 Å². The molecule has 0 saturated heterocycles. The largest absolute Gasteiger partial charge is 0.374 e. The summed E-state index contributed by atoms with van der Waals surface area (Å²) in [6.45, 7) is 4.61. The molecule has 100 valence electrons. The van der Waals surface area contributed by atoms with Crippen molar-refractivity contribution >= 4 is 12.4 Å². The Hall–Kier alpha value is -0.430. The average molecular weight is 258 g/mol. The normalized spacial score (nSPS) is 13.8. The molecule has 0 aromatic rings. The van der Waals surface area contributed by atoms with E-state index in [0.717, 1.165) is 6.54 Å². The molecule has 1 nitrogen and oxygen atoms in total. The van der Waals surface area contributed by atoms with E-state index in [0.29, 0.717) is 0 Å². The molecule has 0 radical (unpaired) electrons. The SMILES string of the molecule is CCCCCCCCCCN1C=CC=CC1.Cl. The Bertz CT molecular complexity index is 211. The Morgan fingerprint density at radius 2 is 1.53 bits per heavy atom. The van der Waals surface area contributed by atoms with Gasteiger partial charge >= 0.3 is 0 Å². The summed E-state index contributed by atoms with van der Waals surface area (Å²) in [6.07, 6.45) is 20.0. The predicted molar refractivity (Wildman–Crippen MR) is 79.7 cm³/mol. The van der Waals surface area contributed by atoms with E-state index in [1.54, 1.807) is 0 Å². The first-order chi connectivity index (χ1) is 7.93. The maximum atomic E-state index is 2.40. The van der Waals surface area contributed by atoms with Gasteiger partial charge in [-0.2, -0.15) is 0 Å². The third kappa shape index (κ3) is 9.29. The standard InChI is InChI=1S/C15H27N.ClH/c1-2-3-4-5-6-7-8-10-13-16-14-11-9-12-15-16;/h9,11-12,14H,2-8,10,13,15H2,1H3;1H. The number of unbranched alkanes of at least 4 members (excludes halogenated alkanes) is 7. The molecule has 0 fully saturated rings. The van der Waals surface area contributed by atoms with Crippen LogP contribution in [0.2, 0.25) is 0 Å². The van der Waals surface area contributed by atoms with Crippen molar-refractivity contribution in [3.63, 3.8) is 0 Å². The molecule has 1 aliphatic heterocycles. The first-order valence-electron chi connectivity index (χ1n) is 7.01. The van der Waals surface area contributed by atoms with Gasteiger partial charge in [-0.3, -0.25) is 0 Å². The first-order valence-corrected chi connectivity index (χ1v) is 7.01. The molecule has 0 bridgehead atoms. The van der Waals surface area contributed by atoms with E-state index in [1.807, 2.05) is 0 Å². The first kappa shape index (κ1) is 16.6. The molecule has 0 saturated carbocycles. The van der Waals surface area contributed by atoms with E-state index in [2.05, 4.69) is 36.3 Å². The van der Waals surface area contributed by atoms with Gasteiger partial charge < -0.3 is 4.90 Å². The Morgan fingerprint density at radius 3 is 2.12 bits per heavy atom. The summed E-state index contributed by atoms with van der Waals surface area (Å²) < 4.78 is 0. The van der Waals surface area contributed by atoms with Crippen LogP contribution >= 0.6 is 12.4 Å². The Balaban J connectivity index is 0.00000256. The van der Waals surface area contributed by atoms with Crippen LogP contribution in [0.4, 0.5) is 0 Å². The van der Waals surface area contributed by atoms with E-state index < -0.39 is 0 Å². The quantitative estimate of drug-likeness (QED) is 0.529. The maximum Gasteiger partial charge on any atom is 0.0357 e. The van der Waals surface area contributed by atoms with Gasteiger partial charge in [0.05, 0.1) is 0 Å². The molecule has 0 unspecified atom stereocenters. The van der Waals surface area contributed by atoms with Crippen LogP contribution in [0, 0.1) is 0 Å². The summed E-state index contributed by atoms with van der Waals surface area (Å²) in [4.78, 5) is 2.40. The van der Waals surface area contributed by atoms with Gasteiger partial charge in [0.2, 0.25) is 0 Å². The molecule has 0 N–H and O–H groups in total. The van der Waals surface area contributed by atoms with Crippen molar-refractivity contribution in [2.24, 2.45) is 0 Å². The third-order valence-electron chi connectivity index (χ3n) is 3.18. The predicted octanol–water partition coefficient (Wildman–Crippen LogP) is 4.93. The van der Waals surface area contributed by atoms with Crippen molar-refractivity contribution in [3.05, 3.63) is 24.4 Å². The van der Waals surface area contributed by atoms with E-state index in [9.17, 15) is 0 Å². The molecule has 0 aromatic carbocycles. The van der Waals surface area contributed by atoms with Gasteiger partial charge in [0.15, 0.2) is 0 Å². The molecule has 0 aromatic heterocycles. The maximum absolute atomic E-state index is 2.40. The zero-order chi connectivity index (χ0) is 11.5. The summed E-state index contributed by atoms with van der Waals surface area (Å²) in [5, 5.41) is 0. The van der Waals surface area contributed by atoms with Gasteiger partial charge in [-0.1, -0.05) is 64.0 Å². The summed E-state index contributed by atoms with van der Waals surface area (Å²) in [5.74, 6) is 0. The van der Waals surface area contributed by atoms with Crippen molar-refractivity contribution in [1.29, 1.82) is 0 Å². The number of hydrogen-bond donors (Lipinski definition) is 0. The average Bonchev–Trinajstić information content (AvgIpc) is 2.34. The van der Waals surface area contributed by atoms with E-state index in [4.69, 9.17) is 0 Å². The lowest BCUT2D eigenvalue weighted by molar-refractivity contribution is 0.392. The summed E-state index contributed by atoms with van der Waals surface area (Å²) >= 11 is 0. The number of allylic oxidation sites excluding steroid dienone is 2. The van der Waals surface area contributed by atoms with Gasteiger partial charge in [0.25, 0.3) is 0 Å². The molecule has 0 spiro atoms. The Morgan fingerprint density at radius 1 is 0.882 bits per heavy atom. The van der Waals surface area contributed by atoms with Crippen LogP contribution in [0.25, 0.3) is 0 Å². The van der Waals surface area contributed by atoms with Crippen LogP contribution in [0.5, 0.6) is 0 Å². The molecular formula is C15H28ClN. The van der Waals surface area contributed by atoms with E-state index in [-0.39, 0.29) is 12.4 Å². The minimum atomic E-state index is 0. The molecule has 1 heterocycles. The smallest absolute Gasteiger partial charge is 0.0357 e. The Kier molecular flexibility index (Phi) is 11.7. The van der Waals surface area contributed by atoms with Gasteiger partial charge in [0.1, 0.15) is 0 Å². The molecule has 0 aliphatic carbocycles. The topological polar surface area (TPSA) is 3.24 Å². The second kappa shape index (κ2) is 12.0. The number of nitrogens with zero attached hydrogens (tertiary/aromatic N) is 1. The van der Waals surface area contributed by atoms with Gasteiger partial charge in [-0.05, 0) is 18.7 Å². The lowest BCUT2D eigenvalue weighted by atomic mass is 10.1. The minimum absolute atomic E-state index is 0. The second-order valence-corrected chi connectivity index (χ2v) is 4.74. The molecule has 17 heavy (non-hydrogen) atoms. The van der Waals surface area contributed by atoms with Crippen LogP contribution in [0.15, 0.2) is 24.4 Å². The fourth-order valence-corrected chi connectivity index (χ4v) is 2.12. The van der Waals surface area contributed by atoms with Crippen molar-refractivity contribution in [3.8, 4) is 0 Å². The van der Waals surface area contributed by atoms with Crippen molar-refractivity contribution in [2.45, 2.75) is 58.3 Å². The fourth-order valence-electron chi connectivity index (χ4n) is 2.12. The monoisotopic (exact) mass is 257 g/mol. The minimum Gasteiger partial charge on any atom is -0.374 e. The highest BCUT2D eigenvalue weighted by Crippen LogP contribution is 2.09. The summed E-state index contributed by atoms with van der Waals surface area (Å²) in [7, 11) is 0. The van der Waals surface area contributed by atoms with Crippen molar-refractivity contribution in [2.75, 3.05) is 13.1 Å². The highest BCUT2D eigenvalue weighted by atomic mass is 35.5. The highest BCUT2D eigenvalue weighted by molar-refractivity contribution is 5.85. The lowest BCUT2D eigenvalue weighted by Crippen LogP contribution is -2.19. The molecule has 1 aliphatic rings. The molecular weight excluding hydrogens is 230 g/mol. The van der Waals surface area contributed by atoms with Crippen LogP contribution in [0.3, 0.4) is 0 Å². The molecule has 2 heteroatoms. The Labute approximate surface area is 113 Å². The number of halogens is 1. The van der Waals surface area contributed by atoms with Crippen LogP contribution < -0.4 is 0 Å². The van der Waals surface area contributed by atoms with Gasteiger partial charge in [-0.15, -0.1) is 12.4 Å². The van der Waals surface area contributed by atoms with Crippen LogP contribution in [-0.2, 0) is 0 Å².